The highest BCUT2D eigenvalue weighted by Gasteiger charge is 2.67. The van der Waals surface area contributed by atoms with Gasteiger partial charge in [0.05, 0.1) is 17.9 Å². The van der Waals surface area contributed by atoms with E-state index < -0.39 is 0 Å². The average Bonchev–Trinajstić information content (AvgIpc) is 2.69. The molecule has 1 fully saturated rings. The molecule has 1 atom stereocenters. The second-order valence-corrected chi connectivity index (χ2v) is 6.84. The lowest BCUT2D eigenvalue weighted by Crippen LogP contribution is -2.27. The number of nitrogens with zero attached hydrogens (tertiary/aromatic N) is 3. The van der Waals surface area contributed by atoms with E-state index in [9.17, 15) is 0 Å². The van der Waals surface area contributed by atoms with Crippen LogP contribution in [0.5, 0.6) is 0 Å². The number of hydrogen-bond acceptors (Lipinski definition) is 3. The Hall–Kier alpha value is -0.900. The van der Waals surface area contributed by atoms with Crippen LogP contribution in [0.25, 0.3) is 0 Å². The van der Waals surface area contributed by atoms with Crippen LogP contribution in [0.2, 0.25) is 0 Å². The van der Waals surface area contributed by atoms with E-state index in [4.69, 9.17) is 0 Å². The van der Waals surface area contributed by atoms with Crippen molar-refractivity contribution < 1.29 is 0 Å². The Morgan fingerprint density at radius 2 is 1.89 bits per heavy atom. The van der Waals surface area contributed by atoms with Crippen LogP contribution < -0.4 is 5.32 Å². The fraction of sp³-hybridized carbons (Fsp3) is 0.867. The Labute approximate surface area is 117 Å². The van der Waals surface area contributed by atoms with Gasteiger partial charge in [-0.05, 0) is 29.7 Å². The van der Waals surface area contributed by atoms with Gasteiger partial charge in [-0.2, -0.15) is 0 Å². The molecular formula is C15H28N4. The van der Waals surface area contributed by atoms with Crippen LogP contribution in [0.1, 0.15) is 59.7 Å². The van der Waals surface area contributed by atoms with Gasteiger partial charge in [0, 0.05) is 6.54 Å². The maximum absolute atomic E-state index is 4.24. The molecule has 1 saturated carbocycles. The van der Waals surface area contributed by atoms with Gasteiger partial charge in [0.1, 0.15) is 0 Å². The van der Waals surface area contributed by atoms with E-state index in [2.05, 4.69) is 61.9 Å². The van der Waals surface area contributed by atoms with Crippen molar-refractivity contribution in [1.29, 1.82) is 0 Å². The third kappa shape index (κ3) is 2.20. The van der Waals surface area contributed by atoms with Gasteiger partial charge in [0.15, 0.2) is 0 Å². The summed E-state index contributed by atoms with van der Waals surface area (Å²) in [5, 5.41) is 12.0. The van der Waals surface area contributed by atoms with E-state index in [1.165, 1.54) is 5.69 Å². The van der Waals surface area contributed by atoms with E-state index in [-0.39, 0.29) is 0 Å². The van der Waals surface area contributed by atoms with Crippen molar-refractivity contribution in [2.24, 2.45) is 16.7 Å². The van der Waals surface area contributed by atoms with E-state index in [0.29, 0.717) is 22.8 Å². The molecule has 1 unspecified atom stereocenters. The van der Waals surface area contributed by atoms with Crippen molar-refractivity contribution in [1.82, 2.24) is 20.3 Å². The molecule has 19 heavy (non-hydrogen) atoms. The van der Waals surface area contributed by atoms with Crippen LogP contribution in [0.15, 0.2) is 6.20 Å². The van der Waals surface area contributed by atoms with E-state index in [1.807, 2.05) is 6.20 Å². The molecule has 0 saturated heterocycles. The Bertz CT molecular complexity index is 419. The number of hydrogen-bond donors (Lipinski definition) is 1. The second-order valence-electron chi connectivity index (χ2n) is 6.84. The maximum Gasteiger partial charge on any atom is 0.0759 e. The first-order valence-electron chi connectivity index (χ1n) is 7.49. The number of nitrogens with one attached hydrogen (secondary N) is 1. The Morgan fingerprint density at radius 1 is 1.26 bits per heavy atom. The minimum Gasteiger partial charge on any atom is -0.309 e. The lowest BCUT2D eigenvalue weighted by atomic mass is 10.0. The third-order valence-corrected chi connectivity index (χ3v) is 5.29. The van der Waals surface area contributed by atoms with Crippen LogP contribution >= 0.6 is 0 Å². The standard InChI is InChI=1S/C15H28N4/c1-7-9-19-11(10-17-18-19)12(16-8-2)13-14(3,4)15(13,5)6/h10,12-13,16H,7-9H2,1-6H3. The summed E-state index contributed by atoms with van der Waals surface area (Å²) >= 11 is 0. The first kappa shape index (κ1) is 14.5. The molecule has 1 N–H and O–H groups in total. The quantitative estimate of drug-likeness (QED) is 0.859. The van der Waals surface area contributed by atoms with Crippen LogP contribution in [0, 0.1) is 16.7 Å². The van der Waals surface area contributed by atoms with Gasteiger partial charge in [-0.1, -0.05) is 46.8 Å². The molecule has 1 aromatic heterocycles. The summed E-state index contributed by atoms with van der Waals surface area (Å²) in [5.41, 5.74) is 1.97. The highest BCUT2D eigenvalue weighted by Crippen LogP contribution is 2.72. The lowest BCUT2D eigenvalue weighted by Gasteiger charge is -2.21. The molecule has 1 heterocycles. The predicted molar refractivity (Wildman–Crippen MR) is 77.8 cm³/mol. The van der Waals surface area contributed by atoms with E-state index in [1.54, 1.807) is 0 Å². The topological polar surface area (TPSA) is 42.7 Å². The molecule has 0 aliphatic heterocycles. The summed E-state index contributed by atoms with van der Waals surface area (Å²) in [4.78, 5) is 0. The van der Waals surface area contributed by atoms with Gasteiger partial charge >= 0.3 is 0 Å². The van der Waals surface area contributed by atoms with Gasteiger partial charge in [0.2, 0.25) is 0 Å². The molecule has 0 aromatic carbocycles. The molecule has 0 spiro atoms. The van der Waals surface area contributed by atoms with Gasteiger partial charge in [0.25, 0.3) is 0 Å². The average molecular weight is 264 g/mol. The predicted octanol–water partition coefficient (Wildman–Crippen LogP) is 3.02. The van der Waals surface area contributed by atoms with Crippen molar-refractivity contribution >= 4 is 0 Å². The fourth-order valence-corrected chi connectivity index (χ4v) is 3.59. The highest BCUT2D eigenvalue weighted by atomic mass is 15.4. The molecule has 0 bridgehead atoms. The van der Waals surface area contributed by atoms with Crippen LogP contribution in [-0.2, 0) is 6.54 Å². The zero-order valence-corrected chi connectivity index (χ0v) is 13.2. The minimum absolute atomic E-state index is 0.358. The Balaban J connectivity index is 2.29. The summed E-state index contributed by atoms with van der Waals surface area (Å²) in [6, 6.07) is 0.358. The minimum atomic E-state index is 0.358. The fourth-order valence-electron chi connectivity index (χ4n) is 3.59. The van der Waals surface area contributed by atoms with E-state index in [0.717, 1.165) is 19.5 Å². The molecule has 2 rings (SSSR count). The molecule has 1 aromatic rings. The number of aryl methyl sites for hydroxylation is 1. The van der Waals surface area contributed by atoms with Crippen molar-refractivity contribution in [3.05, 3.63) is 11.9 Å². The molecule has 0 amide bonds. The normalized spacial score (nSPS) is 22.4. The van der Waals surface area contributed by atoms with Gasteiger partial charge in [-0.3, -0.25) is 0 Å². The summed E-state index contributed by atoms with van der Waals surface area (Å²) < 4.78 is 2.07. The molecule has 4 nitrogen and oxygen atoms in total. The van der Waals surface area contributed by atoms with E-state index >= 15 is 0 Å². The first-order chi connectivity index (χ1) is 8.87. The zero-order chi connectivity index (χ0) is 14.3. The van der Waals surface area contributed by atoms with Crippen LogP contribution in [0.4, 0.5) is 0 Å². The summed E-state index contributed by atoms with van der Waals surface area (Å²) in [7, 11) is 0. The van der Waals surface area contributed by atoms with Crippen molar-refractivity contribution in [3.8, 4) is 0 Å². The van der Waals surface area contributed by atoms with Gasteiger partial charge in [-0.15, -0.1) is 5.10 Å². The molecule has 4 heteroatoms. The SMILES string of the molecule is CCCn1nncc1C(NCC)C1C(C)(C)C1(C)C. The Kier molecular flexibility index (Phi) is 3.74. The largest absolute Gasteiger partial charge is 0.309 e. The van der Waals surface area contributed by atoms with Crippen LogP contribution in [-0.4, -0.2) is 21.5 Å². The maximum atomic E-state index is 4.24. The summed E-state index contributed by atoms with van der Waals surface area (Å²) in [6.45, 7) is 15.8. The molecular weight excluding hydrogens is 236 g/mol. The summed E-state index contributed by atoms with van der Waals surface area (Å²) in [5.74, 6) is 0.633. The van der Waals surface area contributed by atoms with Crippen LogP contribution in [0.3, 0.4) is 0 Å². The molecule has 1 aliphatic rings. The lowest BCUT2D eigenvalue weighted by molar-refractivity contribution is 0.386. The second kappa shape index (κ2) is 4.89. The zero-order valence-electron chi connectivity index (χ0n) is 13.2. The van der Waals surface area contributed by atoms with Gasteiger partial charge in [-0.25, -0.2) is 4.68 Å². The highest BCUT2D eigenvalue weighted by molar-refractivity contribution is 5.21. The number of aromatic nitrogens is 3. The van der Waals surface area contributed by atoms with Crippen molar-refractivity contribution in [3.63, 3.8) is 0 Å². The molecule has 108 valence electrons. The third-order valence-electron chi connectivity index (χ3n) is 5.29. The molecule has 1 aliphatic carbocycles. The first-order valence-corrected chi connectivity index (χ1v) is 7.49. The summed E-state index contributed by atoms with van der Waals surface area (Å²) in [6.07, 6.45) is 3.03. The van der Waals surface area contributed by atoms with Crippen molar-refractivity contribution in [2.45, 2.75) is 60.5 Å². The smallest absolute Gasteiger partial charge is 0.0759 e. The Morgan fingerprint density at radius 3 is 2.37 bits per heavy atom. The monoisotopic (exact) mass is 264 g/mol. The molecule has 0 radical (unpaired) electrons. The number of rotatable bonds is 6. The van der Waals surface area contributed by atoms with Crippen molar-refractivity contribution in [2.75, 3.05) is 6.54 Å². The van der Waals surface area contributed by atoms with Gasteiger partial charge < -0.3 is 5.32 Å².